The van der Waals surface area contributed by atoms with Gasteiger partial charge in [0.2, 0.25) is 0 Å². The molecule has 21 heavy (non-hydrogen) atoms. The molecule has 1 aliphatic heterocycles. The molecule has 0 spiro atoms. The Morgan fingerprint density at radius 2 is 1.95 bits per heavy atom. The molecule has 0 aromatic carbocycles. The van der Waals surface area contributed by atoms with Gasteiger partial charge in [-0.25, -0.2) is 0 Å². The molecule has 3 heteroatoms. The minimum Gasteiger partial charge on any atom is -0.403 e. The highest BCUT2D eigenvalue weighted by molar-refractivity contribution is 6.45. The van der Waals surface area contributed by atoms with Crippen LogP contribution in [-0.2, 0) is 9.31 Å². The Morgan fingerprint density at radius 3 is 2.43 bits per heavy atom. The monoisotopic (exact) mass is 286 g/mol. The van der Waals surface area contributed by atoms with Crippen LogP contribution in [0.4, 0.5) is 0 Å². The standard InChI is InChI=1S/C18H27BO2/c1-7-14(2)16-10-8-15(9-11-16)12-13-19-20-17(3,4)18(5,6)21-19/h7-8,10-11,15H,1-2,9,12-13H2,3-6H3. The molecule has 114 valence electrons. The van der Waals surface area contributed by atoms with Crippen LogP contribution in [0.5, 0.6) is 0 Å². The molecule has 2 nitrogen and oxygen atoms in total. The van der Waals surface area contributed by atoms with Gasteiger partial charge in [0.05, 0.1) is 11.2 Å². The van der Waals surface area contributed by atoms with Crippen LogP contribution in [0.15, 0.2) is 48.6 Å². The van der Waals surface area contributed by atoms with Crippen molar-refractivity contribution in [3.63, 3.8) is 0 Å². The van der Waals surface area contributed by atoms with E-state index in [1.807, 2.05) is 0 Å². The molecule has 0 aromatic rings. The molecule has 0 aromatic heterocycles. The van der Waals surface area contributed by atoms with Crippen molar-refractivity contribution < 1.29 is 9.31 Å². The SMILES string of the molecule is C=CC(=C)C1=CCC(CCB2OC(C)(C)C(C)(C)O2)C=C1. The Hall–Kier alpha value is -1.06. The Balaban J connectivity index is 1.82. The molecule has 1 saturated heterocycles. The highest BCUT2D eigenvalue weighted by atomic mass is 16.7. The van der Waals surface area contributed by atoms with E-state index in [1.54, 1.807) is 6.08 Å². The van der Waals surface area contributed by atoms with E-state index in [-0.39, 0.29) is 18.3 Å². The normalized spacial score (nSPS) is 26.6. The number of rotatable bonds is 5. The van der Waals surface area contributed by atoms with E-state index >= 15 is 0 Å². The number of hydrogen-bond donors (Lipinski definition) is 0. The topological polar surface area (TPSA) is 18.5 Å². The van der Waals surface area contributed by atoms with Crippen LogP contribution in [0.25, 0.3) is 0 Å². The van der Waals surface area contributed by atoms with Crippen molar-refractivity contribution in [2.45, 2.75) is 58.1 Å². The van der Waals surface area contributed by atoms with Crippen LogP contribution in [-0.4, -0.2) is 18.3 Å². The first-order valence-corrected chi connectivity index (χ1v) is 7.81. The van der Waals surface area contributed by atoms with Gasteiger partial charge in [0.15, 0.2) is 0 Å². The maximum Gasteiger partial charge on any atom is 0.457 e. The van der Waals surface area contributed by atoms with Gasteiger partial charge >= 0.3 is 7.12 Å². The minimum atomic E-state index is -0.227. The molecule has 0 saturated carbocycles. The first-order chi connectivity index (χ1) is 9.75. The number of allylic oxidation sites excluding steroid dienone is 6. The van der Waals surface area contributed by atoms with Crippen LogP contribution in [0.1, 0.15) is 40.5 Å². The minimum absolute atomic E-state index is 0.0862. The molecular weight excluding hydrogens is 259 g/mol. The van der Waals surface area contributed by atoms with Gasteiger partial charge in [0, 0.05) is 0 Å². The van der Waals surface area contributed by atoms with Crippen LogP contribution in [0.2, 0.25) is 6.32 Å². The van der Waals surface area contributed by atoms with Crippen molar-refractivity contribution in [1.82, 2.24) is 0 Å². The lowest BCUT2D eigenvalue weighted by Gasteiger charge is -2.32. The van der Waals surface area contributed by atoms with Crippen LogP contribution in [0.3, 0.4) is 0 Å². The highest BCUT2D eigenvalue weighted by Gasteiger charge is 2.50. The fraction of sp³-hybridized carbons (Fsp3) is 0.556. The summed E-state index contributed by atoms with van der Waals surface area (Å²) in [6, 6.07) is 0. The highest BCUT2D eigenvalue weighted by Crippen LogP contribution is 2.38. The summed E-state index contributed by atoms with van der Waals surface area (Å²) in [5.41, 5.74) is 1.73. The van der Waals surface area contributed by atoms with E-state index in [9.17, 15) is 0 Å². The zero-order chi connectivity index (χ0) is 15.7. The third-order valence-corrected chi connectivity index (χ3v) is 4.88. The maximum absolute atomic E-state index is 6.04. The van der Waals surface area contributed by atoms with Gasteiger partial charge in [-0.1, -0.05) is 37.5 Å². The van der Waals surface area contributed by atoms with Crippen molar-refractivity contribution >= 4 is 7.12 Å². The summed E-state index contributed by atoms with van der Waals surface area (Å²) in [4.78, 5) is 0. The number of hydrogen-bond acceptors (Lipinski definition) is 2. The van der Waals surface area contributed by atoms with Crippen molar-refractivity contribution in [1.29, 1.82) is 0 Å². The van der Waals surface area contributed by atoms with Crippen molar-refractivity contribution in [2.75, 3.05) is 0 Å². The fourth-order valence-corrected chi connectivity index (χ4v) is 2.67. The lowest BCUT2D eigenvalue weighted by atomic mass is 9.78. The van der Waals surface area contributed by atoms with Gasteiger partial charge in [-0.3, -0.25) is 0 Å². The Labute approximate surface area is 129 Å². The van der Waals surface area contributed by atoms with Crippen molar-refractivity contribution in [3.05, 3.63) is 48.6 Å². The summed E-state index contributed by atoms with van der Waals surface area (Å²) in [5.74, 6) is 0.561. The molecule has 1 atom stereocenters. The van der Waals surface area contributed by atoms with Gasteiger partial charge in [-0.15, -0.1) is 0 Å². The van der Waals surface area contributed by atoms with Crippen LogP contribution < -0.4 is 0 Å². The van der Waals surface area contributed by atoms with Crippen molar-refractivity contribution in [2.24, 2.45) is 5.92 Å². The maximum atomic E-state index is 6.04. The predicted octanol–water partition coefficient (Wildman–Crippen LogP) is 4.71. The zero-order valence-electron chi connectivity index (χ0n) is 13.8. The van der Waals surface area contributed by atoms with E-state index in [1.165, 1.54) is 5.57 Å². The van der Waals surface area contributed by atoms with E-state index in [4.69, 9.17) is 9.31 Å². The average Bonchev–Trinajstić information content (AvgIpc) is 2.64. The van der Waals surface area contributed by atoms with Gasteiger partial charge in [0.25, 0.3) is 0 Å². The predicted molar refractivity (Wildman–Crippen MR) is 90.2 cm³/mol. The average molecular weight is 286 g/mol. The molecule has 1 unspecified atom stereocenters. The lowest BCUT2D eigenvalue weighted by Crippen LogP contribution is -2.41. The molecule has 2 aliphatic rings. The molecule has 0 N–H and O–H groups in total. The van der Waals surface area contributed by atoms with Gasteiger partial charge in [-0.2, -0.15) is 0 Å². The van der Waals surface area contributed by atoms with Gasteiger partial charge < -0.3 is 9.31 Å². The molecule has 1 heterocycles. The first kappa shape index (κ1) is 16.3. The quantitative estimate of drug-likeness (QED) is 0.538. The first-order valence-electron chi connectivity index (χ1n) is 7.81. The van der Waals surface area contributed by atoms with E-state index in [2.05, 4.69) is 59.1 Å². The Morgan fingerprint density at radius 1 is 1.33 bits per heavy atom. The summed E-state index contributed by atoms with van der Waals surface area (Å²) < 4.78 is 12.1. The molecular formula is C18H27BO2. The Bertz CT molecular complexity index is 469. The molecule has 1 fully saturated rings. The lowest BCUT2D eigenvalue weighted by molar-refractivity contribution is 0.00578. The van der Waals surface area contributed by atoms with Crippen molar-refractivity contribution in [3.8, 4) is 0 Å². The van der Waals surface area contributed by atoms with E-state index in [0.29, 0.717) is 5.92 Å². The second-order valence-electron chi connectivity index (χ2n) is 7.01. The second-order valence-corrected chi connectivity index (χ2v) is 7.01. The summed E-state index contributed by atoms with van der Waals surface area (Å²) in [7, 11) is -0.0862. The third-order valence-electron chi connectivity index (χ3n) is 4.88. The summed E-state index contributed by atoms with van der Waals surface area (Å²) in [5, 5.41) is 0. The van der Waals surface area contributed by atoms with E-state index in [0.717, 1.165) is 24.7 Å². The smallest absolute Gasteiger partial charge is 0.403 e. The summed E-state index contributed by atoms with van der Waals surface area (Å²) in [6.45, 7) is 16.2. The third kappa shape index (κ3) is 3.59. The molecule has 1 aliphatic carbocycles. The molecule has 0 amide bonds. The Kier molecular flexibility index (Phi) is 4.65. The zero-order valence-corrected chi connectivity index (χ0v) is 13.8. The summed E-state index contributed by atoms with van der Waals surface area (Å²) in [6.07, 6.45) is 11.6. The molecule has 2 rings (SSSR count). The fourth-order valence-electron chi connectivity index (χ4n) is 2.67. The second kappa shape index (κ2) is 5.98. The molecule has 0 radical (unpaired) electrons. The molecule has 0 bridgehead atoms. The largest absolute Gasteiger partial charge is 0.457 e. The van der Waals surface area contributed by atoms with Crippen LogP contribution in [0, 0.1) is 5.92 Å². The van der Waals surface area contributed by atoms with Gasteiger partial charge in [0.1, 0.15) is 0 Å². The van der Waals surface area contributed by atoms with Gasteiger partial charge in [-0.05, 0) is 63.9 Å². The van der Waals surface area contributed by atoms with E-state index < -0.39 is 0 Å². The van der Waals surface area contributed by atoms with Crippen LogP contribution >= 0.6 is 0 Å². The summed E-state index contributed by atoms with van der Waals surface area (Å²) >= 11 is 0.